The Bertz CT molecular complexity index is 250. The Morgan fingerprint density at radius 3 is 3.17 bits per heavy atom. The van der Waals surface area contributed by atoms with Crippen molar-refractivity contribution in [3.63, 3.8) is 0 Å². The molecule has 2 rings (SSSR count). The summed E-state index contributed by atoms with van der Waals surface area (Å²) < 4.78 is 0. The maximum absolute atomic E-state index is 9.28. The van der Waals surface area contributed by atoms with Crippen molar-refractivity contribution in [2.24, 2.45) is 0 Å². The number of hydrogen-bond acceptors (Lipinski definition) is 3. The molecule has 1 atom stereocenters. The van der Waals surface area contributed by atoms with Gasteiger partial charge >= 0.3 is 0 Å². The minimum atomic E-state index is -0.184. The molecule has 0 saturated carbocycles. The molecule has 0 bridgehead atoms. The van der Waals surface area contributed by atoms with Crippen molar-refractivity contribution in [2.45, 2.75) is 12.5 Å². The number of rotatable bonds is 1. The molecule has 1 aliphatic heterocycles. The van der Waals surface area contributed by atoms with Crippen LogP contribution in [0.3, 0.4) is 0 Å². The molecule has 1 N–H and O–H groups in total. The van der Waals surface area contributed by atoms with Gasteiger partial charge in [0.25, 0.3) is 0 Å². The lowest BCUT2D eigenvalue weighted by molar-refractivity contribution is 0.198. The molecule has 1 aliphatic rings. The van der Waals surface area contributed by atoms with Crippen LogP contribution in [0.2, 0.25) is 0 Å². The first-order chi connectivity index (χ1) is 5.86. The van der Waals surface area contributed by atoms with E-state index in [1.54, 1.807) is 6.20 Å². The summed E-state index contributed by atoms with van der Waals surface area (Å²) in [6.07, 6.45) is 2.32. The van der Waals surface area contributed by atoms with E-state index in [9.17, 15) is 5.11 Å². The average molecular weight is 163 g/mol. The number of β-amino-alcohol motifs (C(OH)–C–C–N with tert-alkyl or cyclic N) is 1. The maximum atomic E-state index is 9.28. The zero-order chi connectivity index (χ0) is 8.39. The smallest absolute Gasteiger partial charge is 0.128 e. The number of pyridine rings is 1. The van der Waals surface area contributed by atoms with Gasteiger partial charge in [0, 0.05) is 25.4 Å². The molecule has 0 aromatic carbocycles. The molecule has 1 saturated heterocycles. The van der Waals surface area contributed by atoms with Gasteiger partial charge in [0.05, 0.1) is 6.10 Å². The highest BCUT2D eigenvalue weighted by Gasteiger charge is 2.20. The van der Waals surface area contributed by atoms with E-state index in [1.807, 2.05) is 12.1 Å². The van der Waals surface area contributed by atoms with Crippen LogP contribution in [-0.2, 0) is 0 Å². The summed E-state index contributed by atoms with van der Waals surface area (Å²) >= 11 is 0. The number of hydrogen-bond donors (Lipinski definition) is 1. The number of anilines is 1. The summed E-state index contributed by atoms with van der Waals surface area (Å²) in [6, 6.07) is 6.62. The van der Waals surface area contributed by atoms with Crippen molar-refractivity contribution in [1.29, 1.82) is 0 Å². The molecule has 3 heteroatoms. The van der Waals surface area contributed by atoms with E-state index in [0.29, 0.717) is 6.54 Å². The Labute approximate surface area is 71.7 Å². The van der Waals surface area contributed by atoms with Crippen LogP contribution in [0.15, 0.2) is 18.3 Å². The highest BCUT2D eigenvalue weighted by atomic mass is 16.3. The molecule has 1 radical (unpaired) electrons. The van der Waals surface area contributed by atoms with Crippen LogP contribution in [-0.4, -0.2) is 29.3 Å². The monoisotopic (exact) mass is 163 g/mol. The van der Waals surface area contributed by atoms with Crippen molar-refractivity contribution in [3.05, 3.63) is 24.4 Å². The molecular formula is C9H11N2O. The molecule has 2 heterocycles. The number of aliphatic hydroxyl groups excluding tert-OH is 1. The fourth-order valence-corrected chi connectivity index (χ4v) is 1.45. The Morgan fingerprint density at radius 2 is 2.58 bits per heavy atom. The van der Waals surface area contributed by atoms with Crippen LogP contribution < -0.4 is 4.90 Å². The summed E-state index contributed by atoms with van der Waals surface area (Å²) in [6.45, 7) is 1.61. The molecule has 0 amide bonds. The van der Waals surface area contributed by atoms with Gasteiger partial charge in [-0.1, -0.05) is 0 Å². The first-order valence-electron chi connectivity index (χ1n) is 4.11. The third-order valence-electron chi connectivity index (χ3n) is 2.09. The second kappa shape index (κ2) is 3.11. The van der Waals surface area contributed by atoms with Gasteiger partial charge in [0.2, 0.25) is 0 Å². The molecule has 1 aromatic rings. The van der Waals surface area contributed by atoms with Gasteiger partial charge in [-0.3, -0.25) is 0 Å². The van der Waals surface area contributed by atoms with Gasteiger partial charge in [-0.25, -0.2) is 4.98 Å². The summed E-state index contributed by atoms with van der Waals surface area (Å²) in [4.78, 5) is 6.24. The molecule has 0 unspecified atom stereocenters. The molecule has 0 spiro atoms. The van der Waals surface area contributed by atoms with Crippen LogP contribution in [0.4, 0.5) is 5.82 Å². The normalized spacial score (nSPS) is 23.1. The number of aromatic nitrogens is 1. The Balaban J connectivity index is 2.11. The van der Waals surface area contributed by atoms with E-state index in [2.05, 4.69) is 16.0 Å². The summed E-state index contributed by atoms with van der Waals surface area (Å²) in [5.74, 6) is 0.935. The van der Waals surface area contributed by atoms with Crippen LogP contribution in [0.5, 0.6) is 0 Å². The molecule has 63 valence electrons. The topological polar surface area (TPSA) is 36.4 Å². The zero-order valence-corrected chi connectivity index (χ0v) is 6.77. The molecule has 12 heavy (non-hydrogen) atoms. The zero-order valence-electron chi connectivity index (χ0n) is 6.77. The van der Waals surface area contributed by atoms with Crippen molar-refractivity contribution in [2.75, 3.05) is 18.0 Å². The lowest BCUT2D eigenvalue weighted by Gasteiger charge is -2.15. The largest absolute Gasteiger partial charge is 0.391 e. The van der Waals surface area contributed by atoms with Gasteiger partial charge in [-0.15, -0.1) is 0 Å². The van der Waals surface area contributed by atoms with Gasteiger partial charge in [-0.05, 0) is 18.6 Å². The second-order valence-corrected chi connectivity index (χ2v) is 3.00. The highest BCUT2D eigenvalue weighted by Crippen LogP contribution is 2.16. The molecular weight excluding hydrogens is 152 g/mol. The molecule has 1 fully saturated rings. The van der Waals surface area contributed by atoms with Gasteiger partial charge in [0.15, 0.2) is 0 Å². The Morgan fingerprint density at radius 1 is 1.67 bits per heavy atom. The fraction of sp³-hybridized carbons (Fsp3) is 0.444. The summed E-state index contributed by atoms with van der Waals surface area (Å²) in [7, 11) is 0. The van der Waals surface area contributed by atoms with Crippen LogP contribution in [0.25, 0.3) is 0 Å². The van der Waals surface area contributed by atoms with E-state index in [4.69, 9.17) is 0 Å². The van der Waals surface area contributed by atoms with E-state index in [1.165, 1.54) is 0 Å². The van der Waals surface area contributed by atoms with Crippen molar-refractivity contribution in [1.82, 2.24) is 4.98 Å². The first kappa shape index (κ1) is 7.55. The molecule has 1 aromatic heterocycles. The average Bonchev–Trinajstić information content (AvgIpc) is 2.54. The van der Waals surface area contributed by atoms with E-state index in [0.717, 1.165) is 18.8 Å². The van der Waals surface area contributed by atoms with Gasteiger partial charge in [-0.2, -0.15) is 0 Å². The van der Waals surface area contributed by atoms with Crippen LogP contribution >= 0.6 is 0 Å². The van der Waals surface area contributed by atoms with Crippen molar-refractivity contribution < 1.29 is 5.11 Å². The lowest BCUT2D eigenvalue weighted by Crippen LogP contribution is -2.21. The van der Waals surface area contributed by atoms with E-state index in [-0.39, 0.29) is 6.10 Å². The summed E-state index contributed by atoms with van der Waals surface area (Å²) in [5.41, 5.74) is 0. The van der Waals surface area contributed by atoms with Crippen LogP contribution in [0, 0.1) is 6.07 Å². The van der Waals surface area contributed by atoms with E-state index < -0.39 is 0 Å². The lowest BCUT2D eigenvalue weighted by atomic mass is 10.3. The number of nitrogens with zero attached hydrogens (tertiary/aromatic N) is 2. The predicted octanol–water partition coefficient (Wildman–Crippen LogP) is 0.453. The minimum Gasteiger partial charge on any atom is -0.391 e. The van der Waals surface area contributed by atoms with Gasteiger partial charge < -0.3 is 10.0 Å². The third kappa shape index (κ3) is 1.41. The van der Waals surface area contributed by atoms with Gasteiger partial charge in [0.1, 0.15) is 5.82 Å². The Hall–Kier alpha value is -1.09. The molecule has 0 aliphatic carbocycles. The fourth-order valence-electron chi connectivity index (χ4n) is 1.45. The minimum absolute atomic E-state index is 0.184. The summed E-state index contributed by atoms with van der Waals surface area (Å²) in [5, 5.41) is 9.28. The van der Waals surface area contributed by atoms with E-state index >= 15 is 0 Å². The number of aliphatic hydroxyl groups is 1. The standard InChI is InChI=1S/C9H11N2O/c12-8-4-6-11(7-8)9-3-1-2-5-10-9/h1,3,5,8,12H,4,6-7H2/t8-/m0/s1. The maximum Gasteiger partial charge on any atom is 0.128 e. The predicted molar refractivity (Wildman–Crippen MR) is 45.9 cm³/mol. The van der Waals surface area contributed by atoms with Crippen molar-refractivity contribution >= 4 is 5.82 Å². The first-order valence-corrected chi connectivity index (χ1v) is 4.11. The SMILES string of the molecule is O[C@H]1CCN(c2cc[c]cn2)C1. The molecule has 3 nitrogen and oxygen atoms in total. The van der Waals surface area contributed by atoms with Crippen LogP contribution in [0.1, 0.15) is 6.42 Å². The Kier molecular flexibility index (Phi) is 1.96. The quantitative estimate of drug-likeness (QED) is 0.653. The van der Waals surface area contributed by atoms with Crippen molar-refractivity contribution in [3.8, 4) is 0 Å². The third-order valence-corrected chi connectivity index (χ3v) is 2.09. The second-order valence-electron chi connectivity index (χ2n) is 3.00. The highest BCUT2D eigenvalue weighted by molar-refractivity contribution is 5.38.